The molecule has 0 fully saturated rings. The zero-order valence-electron chi connectivity index (χ0n) is 12.6. The Labute approximate surface area is 141 Å². The molecule has 1 heterocycles. The van der Waals surface area contributed by atoms with Gasteiger partial charge in [0.2, 0.25) is 0 Å². The lowest BCUT2D eigenvalue weighted by molar-refractivity contribution is 0.0931. The van der Waals surface area contributed by atoms with Gasteiger partial charge in [0, 0.05) is 17.8 Å². The van der Waals surface area contributed by atoms with Crippen molar-refractivity contribution in [1.29, 1.82) is 0 Å². The van der Waals surface area contributed by atoms with E-state index in [0.29, 0.717) is 12.2 Å². The number of thiazole rings is 1. The van der Waals surface area contributed by atoms with Gasteiger partial charge in [-0.25, -0.2) is 4.98 Å². The summed E-state index contributed by atoms with van der Waals surface area (Å²) in [6, 6.07) is 10.3. The van der Waals surface area contributed by atoms with E-state index in [1.165, 1.54) is 16.9 Å². The first-order valence-corrected chi connectivity index (χ1v) is 8.10. The predicted octanol–water partition coefficient (Wildman–Crippen LogP) is 2.82. The van der Waals surface area contributed by atoms with Gasteiger partial charge < -0.3 is 11.1 Å². The molecule has 0 saturated heterocycles. The summed E-state index contributed by atoms with van der Waals surface area (Å²) in [7, 11) is 0. The summed E-state index contributed by atoms with van der Waals surface area (Å²) in [5.41, 5.74) is 7.22. The molecular formula is C16H22ClN3OS. The topological polar surface area (TPSA) is 68.0 Å². The van der Waals surface area contributed by atoms with Crippen LogP contribution in [0.25, 0.3) is 0 Å². The van der Waals surface area contributed by atoms with Crippen LogP contribution in [0.4, 0.5) is 0 Å². The lowest BCUT2D eigenvalue weighted by Gasteiger charge is -2.16. The van der Waals surface area contributed by atoms with E-state index in [1.54, 1.807) is 5.38 Å². The summed E-state index contributed by atoms with van der Waals surface area (Å²) in [5, 5.41) is 5.78. The zero-order valence-corrected chi connectivity index (χ0v) is 14.3. The second kappa shape index (κ2) is 9.56. The van der Waals surface area contributed by atoms with Crippen LogP contribution in [0.15, 0.2) is 35.7 Å². The van der Waals surface area contributed by atoms with Gasteiger partial charge in [-0.2, -0.15) is 0 Å². The first-order valence-electron chi connectivity index (χ1n) is 7.22. The number of benzene rings is 1. The third-order valence-corrected chi connectivity index (χ3v) is 4.20. The van der Waals surface area contributed by atoms with Gasteiger partial charge >= 0.3 is 0 Å². The van der Waals surface area contributed by atoms with E-state index in [0.717, 1.165) is 24.3 Å². The molecule has 0 aliphatic rings. The summed E-state index contributed by atoms with van der Waals surface area (Å²) >= 11 is 1.49. The van der Waals surface area contributed by atoms with Gasteiger partial charge in [-0.1, -0.05) is 37.3 Å². The molecule has 0 radical (unpaired) electrons. The van der Waals surface area contributed by atoms with Crippen molar-refractivity contribution in [2.24, 2.45) is 5.73 Å². The Hall–Kier alpha value is -1.43. The van der Waals surface area contributed by atoms with Gasteiger partial charge in [0.25, 0.3) is 5.91 Å². The molecule has 6 heteroatoms. The second-order valence-corrected chi connectivity index (χ2v) is 5.88. The highest BCUT2D eigenvalue weighted by Crippen LogP contribution is 2.11. The Kier molecular flexibility index (Phi) is 8.09. The van der Waals surface area contributed by atoms with Crippen LogP contribution in [0.5, 0.6) is 0 Å². The fourth-order valence-electron chi connectivity index (χ4n) is 2.11. The van der Waals surface area contributed by atoms with Crippen LogP contribution in [0.2, 0.25) is 0 Å². The Morgan fingerprint density at radius 3 is 2.73 bits per heavy atom. The summed E-state index contributed by atoms with van der Waals surface area (Å²) in [5.74, 6) is -0.0997. The van der Waals surface area contributed by atoms with Crippen molar-refractivity contribution in [3.8, 4) is 0 Å². The van der Waals surface area contributed by atoms with Gasteiger partial charge in [0.15, 0.2) is 0 Å². The van der Waals surface area contributed by atoms with Crippen LogP contribution in [-0.4, -0.2) is 23.5 Å². The van der Waals surface area contributed by atoms with Crippen molar-refractivity contribution < 1.29 is 4.79 Å². The number of hydrogen-bond acceptors (Lipinski definition) is 4. The monoisotopic (exact) mass is 339 g/mol. The van der Waals surface area contributed by atoms with E-state index in [4.69, 9.17) is 5.73 Å². The van der Waals surface area contributed by atoms with Crippen molar-refractivity contribution in [3.05, 3.63) is 52.0 Å². The zero-order chi connectivity index (χ0) is 15.1. The third-order valence-electron chi connectivity index (χ3n) is 3.30. The molecule has 22 heavy (non-hydrogen) atoms. The number of nitrogens with zero attached hydrogens (tertiary/aromatic N) is 1. The summed E-state index contributed by atoms with van der Waals surface area (Å²) < 4.78 is 0. The molecule has 0 spiro atoms. The standard InChI is InChI=1S/C16H21N3OS.ClH/c1-2-13(10-12-6-4-3-5-7-12)18-16(20)14-11-21-15(19-14)8-9-17;/h3-7,11,13H,2,8-10,17H2,1H3,(H,18,20);1H. The highest BCUT2D eigenvalue weighted by Gasteiger charge is 2.15. The van der Waals surface area contributed by atoms with Crippen molar-refractivity contribution in [2.45, 2.75) is 32.2 Å². The molecule has 1 atom stereocenters. The minimum atomic E-state index is -0.0997. The normalized spacial score (nSPS) is 11.5. The molecule has 0 aliphatic carbocycles. The maximum Gasteiger partial charge on any atom is 0.270 e. The molecule has 2 rings (SSSR count). The molecule has 1 aromatic carbocycles. The molecule has 0 saturated carbocycles. The molecule has 4 nitrogen and oxygen atoms in total. The Morgan fingerprint density at radius 1 is 1.36 bits per heavy atom. The van der Waals surface area contributed by atoms with Crippen molar-refractivity contribution in [1.82, 2.24) is 10.3 Å². The summed E-state index contributed by atoms with van der Waals surface area (Å²) in [4.78, 5) is 16.5. The number of nitrogens with two attached hydrogens (primary N) is 1. The molecule has 0 aliphatic heterocycles. The van der Waals surface area contributed by atoms with Crippen LogP contribution in [-0.2, 0) is 12.8 Å². The minimum Gasteiger partial charge on any atom is -0.348 e. The van der Waals surface area contributed by atoms with Gasteiger partial charge in [-0.3, -0.25) is 4.79 Å². The fraction of sp³-hybridized carbons (Fsp3) is 0.375. The largest absolute Gasteiger partial charge is 0.348 e. The van der Waals surface area contributed by atoms with E-state index in [9.17, 15) is 4.79 Å². The molecule has 1 unspecified atom stereocenters. The fourth-order valence-corrected chi connectivity index (χ4v) is 2.90. The Bertz CT molecular complexity index is 574. The number of rotatable bonds is 7. The first kappa shape index (κ1) is 18.6. The van der Waals surface area contributed by atoms with E-state index < -0.39 is 0 Å². The van der Waals surface area contributed by atoms with E-state index in [1.807, 2.05) is 18.2 Å². The SMILES string of the molecule is CCC(Cc1ccccc1)NC(=O)c1csc(CCN)n1.Cl. The number of carbonyl (C=O) groups is 1. The van der Waals surface area contributed by atoms with E-state index >= 15 is 0 Å². The molecular weight excluding hydrogens is 318 g/mol. The maximum absolute atomic E-state index is 12.2. The average Bonchev–Trinajstić information content (AvgIpc) is 2.97. The van der Waals surface area contributed by atoms with Crippen LogP contribution in [0.3, 0.4) is 0 Å². The molecule has 1 amide bonds. The lowest BCUT2D eigenvalue weighted by atomic mass is 10.0. The maximum atomic E-state index is 12.2. The van der Waals surface area contributed by atoms with Crippen molar-refractivity contribution in [2.75, 3.05) is 6.54 Å². The number of nitrogens with one attached hydrogen (secondary N) is 1. The van der Waals surface area contributed by atoms with E-state index in [2.05, 4.69) is 29.4 Å². The van der Waals surface area contributed by atoms with Gasteiger partial charge in [-0.05, 0) is 24.9 Å². The van der Waals surface area contributed by atoms with Gasteiger partial charge in [0.1, 0.15) is 5.69 Å². The van der Waals surface area contributed by atoms with Crippen LogP contribution < -0.4 is 11.1 Å². The van der Waals surface area contributed by atoms with Gasteiger partial charge in [0.05, 0.1) is 5.01 Å². The van der Waals surface area contributed by atoms with Crippen molar-refractivity contribution in [3.63, 3.8) is 0 Å². The Balaban J connectivity index is 0.00000242. The summed E-state index contributed by atoms with van der Waals surface area (Å²) in [6.45, 7) is 2.63. The molecule has 120 valence electrons. The number of carbonyl (C=O) groups excluding carboxylic acids is 1. The van der Waals surface area contributed by atoms with Crippen LogP contribution in [0.1, 0.15) is 34.4 Å². The van der Waals surface area contributed by atoms with Crippen molar-refractivity contribution >= 4 is 29.7 Å². The van der Waals surface area contributed by atoms with E-state index in [-0.39, 0.29) is 24.4 Å². The first-order chi connectivity index (χ1) is 10.2. The lowest BCUT2D eigenvalue weighted by Crippen LogP contribution is -2.36. The molecule has 2 aromatic rings. The third kappa shape index (κ3) is 5.40. The molecule has 0 bridgehead atoms. The number of halogens is 1. The number of amides is 1. The quantitative estimate of drug-likeness (QED) is 0.815. The highest BCUT2D eigenvalue weighted by molar-refractivity contribution is 7.09. The smallest absolute Gasteiger partial charge is 0.270 e. The number of hydrogen-bond donors (Lipinski definition) is 2. The summed E-state index contributed by atoms with van der Waals surface area (Å²) in [6.07, 6.45) is 2.45. The second-order valence-electron chi connectivity index (χ2n) is 4.93. The van der Waals surface area contributed by atoms with Gasteiger partial charge in [-0.15, -0.1) is 23.7 Å². The predicted molar refractivity (Wildman–Crippen MR) is 93.8 cm³/mol. The highest BCUT2D eigenvalue weighted by atomic mass is 35.5. The minimum absolute atomic E-state index is 0. The average molecular weight is 340 g/mol. The molecule has 1 aromatic heterocycles. The Morgan fingerprint density at radius 2 is 2.09 bits per heavy atom. The number of aromatic nitrogens is 1. The van der Waals surface area contributed by atoms with Crippen LogP contribution >= 0.6 is 23.7 Å². The van der Waals surface area contributed by atoms with Crippen LogP contribution in [0, 0.1) is 0 Å². The molecule has 3 N–H and O–H groups in total.